The quantitative estimate of drug-likeness (QED) is 0.694. The van der Waals surface area contributed by atoms with Gasteiger partial charge in [-0.25, -0.2) is 4.79 Å². The van der Waals surface area contributed by atoms with Gasteiger partial charge in [0.15, 0.2) is 0 Å². The van der Waals surface area contributed by atoms with E-state index in [2.05, 4.69) is 5.32 Å². The predicted molar refractivity (Wildman–Crippen MR) is 79.2 cm³/mol. The van der Waals surface area contributed by atoms with Gasteiger partial charge in [-0.3, -0.25) is 4.79 Å². The number of anilines is 1. The molecule has 0 fully saturated rings. The Morgan fingerprint density at radius 2 is 2.15 bits per heavy atom. The minimum Gasteiger partial charge on any atom is -0.478 e. The first-order valence-corrected chi connectivity index (χ1v) is 6.51. The monoisotopic (exact) mass is 276 g/mol. The van der Waals surface area contributed by atoms with Gasteiger partial charge in [0.25, 0.3) is 0 Å². The van der Waals surface area contributed by atoms with Gasteiger partial charge >= 0.3 is 5.97 Å². The molecular formula is C15H20N2O3. The molecular weight excluding hydrogens is 256 g/mol. The van der Waals surface area contributed by atoms with Crippen molar-refractivity contribution in [3.63, 3.8) is 0 Å². The van der Waals surface area contributed by atoms with Crippen molar-refractivity contribution in [2.45, 2.75) is 26.3 Å². The number of carboxylic acid groups (broad SMARTS) is 1. The smallest absolute Gasteiger partial charge is 0.328 e. The Bertz CT molecular complexity index is 512. The highest BCUT2D eigenvalue weighted by molar-refractivity contribution is 5.95. The van der Waals surface area contributed by atoms with Crippen molar-refractivity contribution in [2.24, 2.45) is 11.7 Å². The van der Waals surface area contributed by atoms with Gasteiger partial charge in [0, 0.05) is 11.8 Å². The maximum absolute atomic E-state index is 11.9. The molecule has 2 atom stereocenters. The highest BCUT2D eigenvalue weighted by atomic mass is 16.4. The van der Waals surface area contributed by atoms with E-state index in [1.807, 2.05) is 13.8 Å². The zero-order valence-corrected chi connectivity index (χ0v) is 11.7. The molecule has 0 aliphatic rings. The Morgan fingerprint density at radius 1 is 1.45 bits per heavy atom. The zero-order chi connectivity index (χ0) is 15.1. The fraction of sp³-hybridized carbons (Fsp3) is 0.333. The van der Waals surface area contributed by atoms with E-state index in [0.29, 0.717) is 11.3 Å². The molecule has 0 radical (unpaired) electrons. The summed E-state index contributed by atoms with van der Waals surface area (Å²) in [6.45, 7) is 3.91. The largest absolute Gasteiger partial charge is 0.478 e. The Hall–Kier alpha value is -2.14. The number of amides is 1. The molecule has 1 rings (SSSR count). The minimum atomic E-state index is -1.02. The van der Waals surface area contributed by atoms with E-state index in [-0.39, 0.29) is 11.8 Å². The molecule has 108 valence electrons. The number of nitrogens with one attached hydrogen (secondary N) is 1. The van der Waals surface area contributed by atoms with Gasteiger partial charge < -0.3 is 16.2 Å². The summed E-state index contributed by atoms with van der Waals surface area (Å²) in [6.07, 6.45) is 3.34. The van der Waals surface area contributed by atoms with E-state index in [4.69, 9.17) is 10.8 Å². The standard InChI is InChI=1S/C15H20N2O3/c1-3-10(2)14(16)15(20)17-12-6-4-5-11(9-12)7-8-13(18)19/h4-10,14H,3,16H2,1-2H3,(H,17,20)(H,18,19)/b8-7+/t10-,14-/m0/s1. The molecule has 0 saturated heterocycles. The van der Waals surface area contributed by atoms with Crippen molar-refractivity contribution in [2.75, 3.05) is 5.32 Å². The third-order valence-corrected chi connectivity index (χ3v) is 3.13. The molecule has 0 aliphatic heterocycles. The third kappa shape index (κ3) is 4.85. The van der Waals surface area contributed by atoms with Crippen molar-refractivity contribution in [1.29, 1.82) is 0 Å². The molecule has 5 nitrogen and oxygen atoms in total. The SMILES string of the molecule is CC[C@H](C)[C@H](N)C(=O)Nc1cccc(/C=C/C(=O)O)c1. The molecule has 0 saturated carbocycles. The lowest BCUT2D eigenvalue weighted by atomic mass is 9.99. The first-order chi connectivity index (χ1) is 9.43. The van der Waals surface area contributed by atoms with E-state index in [1.165, 1.54) is 6.08 Å². The number of carbonyl (C=O) groups excluding carboxylic acids is 1. The van der Waals surface area contributed by atoms with Crippen LogP contribution < -0.4 is 11.1 Å². The molecule has 0 unspecified atom stereocenters. The second-order valence-electron chi connectivity index (χ2n) is 4.70. The molecule has 0 bridgehead atoms. The molecule has 5 heteroatoms. The Kier molecular flexibility index (Phi) is 5.93. The van der Waals surface area contributed by atoms with Crippen molar-refractivity contribution < 1.29 is 14.7 Å². The first-order valence-electron chi connectivity index (χ1n) is 6.51. The molecule has 1 aromatic rings. The van der Waals surface area contributed by atoms with Crippen molar-refractivity contribution in [1.82, 2.24) is 0 Å². The van der Waals surface area contributed by atoms with E-state index < -0.39 is 12.0 Å². The third-order valence-electron chi connectivity index (χ3n) is 3.13. The minimum absolute atomic E-state index is 0.102. The van der Waals surface area contributed by atoms with Crippen LogP contribution in [0.3, 0.4) is 0 Å². The van der Waals surface area contributed by atoms with Gasteiger partial charge in [0.2, 0.25) is 5.91 Å². The maximum atomic E-state index is 11.9. The highest BCUT2D eigenvalue weighted by Gasteiger charge is 2.19. The van der Waals surface area contributed by atoms with Crippen LogP contribution in [0.1, 0.15) is 25.8 Å². The summed E-state index contributed by atoms with van der Waals surface area (Å²) in [5, 5.41) is 11.3. The average molecular weight is 276 g/mol. The van der Waals surface area contributed by atoms with Crippen molar-refractivity contribution >= 4 is 23.6 Å². The van der Waals surface area contributed by atoms with E-state index in [1.54, 1.807) is 24.3 Å². The molecule has 0 spiro atoms. The van der Waals surface area contributed by atoms with Crippen LogP contribution in [-0.4, -0.2) is 23.0 Å². The number of rotatable bonds is 6. The summed E-state index contributed by atoms with van der Waals surface area (Å²) in [5.74, 6) is -1.15. The molecule has 0 aromatic heterocycles. The maximum Gasteiger partial charge on any atom is 0.328 e. The fourth-order valence-corrected chi connectivity index (χ4v) is 1.63. The van der Waals surface area contributed by atoms with Crippen LogP contribution in [0.4, 0.5) is 5.69 Å². The Balaban J connectivity index is 2.76. The van der Waals surface area contributed by atoms with Gasteiger partial charge in [-0.05, 0) is 29.7 Å². The molecule has 1 aromatic carbocycles. The van der Waals surface area contributed by atoms with Crippen LogP contribution in [0.25, 0.3) is 6.08 Å². The van der Waals surface area contributed by atoms with E-state index in [0.717, 1.165) is 12.5 Å². The molecule has 0 aliphatic carbocycles. The molecule has 4 N–H and O–H groups in total. The summed E-state index contributed by atoms with van der Waals surface area (Å²) < 4.78 is 0. The lowest BCUT2D eigenvalue weighted by Gasteiger charge is -2.17. The van der Waals surface area contributed by atoms with Crippen LogP contribution in [-0.2, 0) is 9.59 Å². The zero-order valence-electron chi connectivity index (χ0n) is 11.7. The van der Waals surface area contributed by atoms with Crippen LogP contribution in [0.15, 0.2) is 30.3 Å². The van der Waals surface area contributed by atoms with Gasteiger partial charge in [-0.15, -0.1) is 0 Å². The number of hydrogen-bond donors (Lipinski definition) is 3. The van der Waals surface area contributed by atoms with Crippen LogP contribution in [0.5, 0.6) is 0 Å². The number of hydrogen-bond acceptors (Lipinski definition) is 3. The second kappa shape index (κ2) is 7.45. The molecule has 0 heterocycles. The normalized spacial score (nSPS) is 13.9. The fourth-order valence-electron chi connectivity index (χ4n) is 1.63. The lowest BCUT2D eigenvalue weighted by Crippen LogP contribution is -2.40. The summed E-state index contributed by atoms with van der Waals surface area (Å²) >= 11 is 0. The van der Waals surface area contributed by atoms with Gasteiger partial charge in [0.1, 0.15) is 0 Å². The molecule has 20 heavy (non-hydrogen) atoms. The summed E-state index contributed by atoms with van der Waals surface area (Å²) in [6, 6.07) is 6.37. The van der Waals surface area contributed by atoms with Crippen molar-refractivity contribution in [3.05, 3.63) is 35.9 Å². The number of carbonyl (C=O) groups is 2. The van der Waals surface area contributed by atoms with E-state index in [9.17, 15) is 9.59 Å². The molecule has 1 amide bonds. The first kappa shape index (κ1) is 15.9. The van der Waals surface area contributed by atoms with Crippen molar-refractivity contribution in [3.8, 4) is 0 Å². The van der Waals surface area contributed by atoms with Gasteiger partial charge in [-0.1, -0.05) is 32.4 Å². The summed E-state index contributed by atoms with van der Waals surface area (Å²) in [5.41, 5.74) is 7.15. The topological polar surface area (TPSA) is 92.4 Å². The Morgan fingerprint density at radius 3 is 2.75 bits per heavy atom. The number of nitrogens with two attached hydrogens (primary N) is 1. The summed E-state index contributed by atoms with van der Waals surface area (Å²) in [4.78, 5) is 22.4. The number of aliphatic carboxylic acids is 1. The highest BCUT2D eigenvalue weighted by Crippen LogP contribution is 2.14. The number of carboxylic acids is 1. The lowest BCUT2D eigenvalue weighted by molar-refractivity contribution is -0.131. The summed E-state index contributed by atoms with van der Waals surface area (Å²) in [7, 11) is 0. The van der Waals surface area contributed by atoms with Crippen LogP contribution >= 0.6 is 0 Å². The predicted octanol–water partition coefficient (Wildman–Crippen LogP) is 2.10. The van der Waals surface area contributed by atoms with Crippen LogP contribution in [0, 0.1) is 5.92 Å². The van der Waals surface area contributed by atoms with E-state index >= 15 is 0 Å². The van der Waals surface area contributed by atoms with Gasteiger partial charge in [-0.2, -0.15) is 0 Å². The Labute approximate surface area is 118 Å². The average Bonchev–Trinajstić information content (AvgIpc) is 2.43. The number of benzene rings is 1. The second-order valence-corrected chi connectivity index (χ2v) is 4.70. The van der Waals surface area contributed by atoms with Crippen LogP contribution in [0.2, 0.25) is 0 Å². The van der Waals surface area contributed by atoms with Gasteiger partial charge in [0.05, 0.1) is 6.04 Å².